The second-order valence-corrected chi connectivity index (χ2v) is 5.69. The van der Waals surface area contributed by atoms with E-state index in [9.17, 15) is 0 Å². The van der Waals surface area contributed by atoms with Crippen LogP contribution in [0.2, 0.25) is 0 Å². The van der Waals surface area contributed by atoms with E-state index in [1.54, 1.807) is 6.33 Å². The molecule has 1 aliphatic heterocycles. The summed E-state index contributed by atoms with van der Waals surface area (Å²) in [6.07, 6.45) is 5.93. The van der Waals surface area contributed by atoms with Crippen molar-refractivity contribution < 1.29 is 0 Å². The zero-order valence-corrected chi connectivity index (χ0v) is 13.2. The van der Waals surface area contributed by atoms with Crippen molar-refractivity contribution in [2.24, 2.45) is 0 Å². The maximum Gasteiger partial charge on any atom is 0.134 e. The summed E-state index contributed by atoms with van der Waals surface area (Å²) in [6, 6.07) is 6.06. The molecule has 22 heavy (non-hydrogen) atoms. The summed E-state index contributed by atoms with van der Waals surface area (Å²) in [5.74, 6) is 2.84. The van der Waals surface area contributed by atoms with Gasteiger partial charge in [0.2, 0.25) is 0 Å². The number of aromatic nitrogens is 3. The van der Waals surface area contributed by atoms with Crippen LogP contribution in [0.15, 0.2) is 30.7 Å². The van der Waals surface area contributed by atoms with Gasteiger partial charge >= 0.3 is 0 Å². The van der Waals surface area contributed by atoms with E-state index < -0.39 is 0 Å². The smallest absolute Gasteiger partial charge is 0.134 e. The molecule has 2 aromatic rings. The third-order valence-corrected chi connectivity index (χ3v) is 3.83. The summed E-state index contributed by atoms with van der Waals surface area (Å²) in [5, 5.41) is 3.38. The maximum atomic E-state index is 4.42. The second-order valence-electron chi connectivity index (χ2n) is 5.69. The number of nitrogens with one attached hydrogen (secondary N) is 1. The quantitative estimate of drug-likeness (QED) is 0.913. The molecule has 1 aliphatic rings. The fourth-order valence-corrected chi connectivity index (χ4v) is 2.72. The molecule has 0 unspecified atom stereocenters. The van der Waals surface area contributed by atoms with E-state index in [0.717, 1.165) is 36.1 Å². The van der Waals surface area contributed by atoms with E-state index in [2.05, 4.69) is 31.2 Å². The predicted molar refractivity (Wildman–Crippen MR) is 89.4 cm³/mol. The van der Waals surface area contributed by atoms with Crippen molar-refractivity contribution in [3.63, 3.8) is 0 Å². The van der Waals surface area contributed by atoms with Crippen molar-refractivity contribution in [1.29, 1.82) is 0 Å². The molecular formula is C16H22N6. The van der Waals surface area contributed by atoms with E-state index in [0.29, 0.717) is 6.54 Å². The number of rotatable bonds is 5. The largest absolute Gasteiger partial charge is 0.366 e. The molecule has 1 fully saturated rings. The van der Waals surface area contributed by atoms with Crippen LogP contribution in [0.25, 0.3) is 0 Å². The summed E-state index contributed by atoms with van der Waals surface area (Å²) in [6.45, 7) is 2.87. The van der Waals surface area contributed by atoms with Crippen LogP contribution in [-0.4, -0.2) is 42.1 Å². The van der Waals surface area contributed by atoms with Gasteiger partial charge in [-0.3, -0.25) is 0 Å². The van der Waals surface area contributed by atoms with Gasteiger partial charge in [0, 0.05) is 51.6 Å². The first kappa shape index (κ1) is 14.6. The van der Waals surface area contributed by atoms with Crippen molar-refractivity contribution in [2.45, 2.75) is 19.4 Å². The molecular weight excluding hydrogens is 276 g/mol. The van der Waals surface area contributed by atoms with Gasteiger partial charge in [0.05, 0.1) is 0 Å². The summed E-state index contributed by atoms with van der Waals surface area (Å²) < 4.78 is 0. The van der Waals surface area contributed by atoms with Gasteiger partial charge in [-0.15, -0.1) is 0 Å². The van der Waals surface area contributed by atoms with Gasteiger partial charge in [0.15, 0.2) is 0 Å². The average molecular weight is 298 g/mol. The van der Waals surface area contributed by atoms with Crippen molar-refractivity contribution in [1.82, 2.24) is 15.0 Å². The fraction of sp³-hybridized carbons (Fsp3) is 0.438. The van der Waals surface area contributed by atoms with Crippen molar-refractivity contribution in [3.05, 3.63) is 36.3 Å². The molecule has 0 amide bonds. The van der Waals surface area contributed by atoms with Crippen LogP contribution >= 0.6 is 0 Å². The topological polar surface area (TPSA) is 57.2 Å². The summed E-state index contributed by atoms with van der Waals surface area (Å²) in [4.78, 5) is 17.4. The number of anilines is 3. The second kappa shape index (κ2) is 6.60. The Bertz CT molecular complexity index is 622. The van der Waals surface area contributed by atoms with E-state index >= 15 is 0 Å². The van der Waals surface area contributed by atoms with Crippen molar-refractivity contribution in [2.75, 3.05) is 42.3 Å². The lowest BCUT2D eigenvalue weighted by atomic mass is 10.2. The highest BCUT2D eigenvalue weighted by atomic mass is 15.2. The van der Waals surface area contributed by atoms with E-state index in [1.807, 2.05) is 37.3 Å². The minimum absolute atomic E-state index is 0.692. The maximum absolute atomic E-state index is 4.42. The molecule has 1 N–H and O–H groups in total. The SMILES string of the molecule is CN(C)c1ncccc1CNc1cc(N2CCCC2)ncn1. The summed E-state index contributed by atoms with van der Waals surface area (Å²) in [5.41, 5.74) is 1.15. The van der Waals surface area contributed by atoms with Crippen LogP contribution in [-0.2, 0) is 6.54 Å². The Morgan fingerprint density at radius 2 is 2.00 bits per heavy atom. The molecule has 6 nitrogen and oxygen atoms in total. The van der Waals surface area contributed by atoms with Gasteiger partial charge in [-0.1, -0.05) is 6.07 Å². The van der Waals surface area contributed by atoms with Crippen LogP contribution in [0.5, 0.6) is 0 Å². The highest BCUT2D eigenvalue weighted by Crippen LogP contribution is 2.20. The van der Waals surface area contributed by atoms with Crippen LogP contribution in [0.3, 0.4) is 0 Å². The summed E-state index contributed by atoms with van der Waals surface area (Å²) >= 11 is 0. The van der Waals surface area contributed by atoms with Gasteiger partial charge in [-0.05, 0) is 18.9 Å². The van der Waals surface area contributed by atoms with E-state index in [4.69, 9.17) is 0 Å². The van der Waals surface area contributed by atoms with Gasteiger partial charge in [0.1, 0.15) is 23.8 Å². The van der Waals surface area contributed by atoms with Crippen LogP contribution in [0, 0.1) is 0 Å². The van der Waals surface area contributed by atoms with Crippen LogP contribution in [0.4, 0.5) is 17.5 Å². The molecule has 2 aromatic heterocycles. The van der Waals surface area contributed by atoms with Crippen molar-refractivity contribution >= 4 is 17.5 Å². The first-order valence-corrected chi connectivity index (χ1v) is 7.66. The van der Waals surface area contributed by atoms with E-state index in [1.165, 1.54) is 12.8 Å². The zero-order valence-electron chi connectivity index (χ0n) is 13.2. The Morgan fingerprint density at radius 1 is 1.18 bits per heavy atom. The highest BCUT2D eigenvalue weighted by molar-refractivity contribution is 5.51. The normalized spacial score (nSPS) is 14.2. The van der Waals surface area contributed by atoms with Gasteiger partial charge in [-0.2, -0.15) is 0 Å². The number of nitrogens with zero attached hydrogens (tertiary/aromatic N) is 5. The molecule has 0 spiro atoms. The molecule has 0 atom stereocenters. The first-order chi connectivity index (χ1) is 10.7. The average Bonchev–Trinajstić information content (AvgIpc) is 3.08. The van der Waals surface area contributed by atoms with Crippen LogP contribution < -0.4 is 15.1 Å². The van der Waals surface area contributed by atoms with Crippen LogP contribution in [0.1, 0.15) is 18.4 Å². The van der Waals surface area contributed by atoms with Gasteiger partial charge in [-0.25, -0.2) is 15.0 Å². The number of pyridine rings is 1. The lowest BCUT2D eigenvalue weighted by Gasteiger charge is -2.18. The minimum atomic E-state index is 0.692. The molecule has 0 aromatic carbocycles. The molecule has 0 aliphatic carbocycles. The lowest BCUT2D eigenvalue weighted by Crippen LogP contribution is -2.19. The fourth-order valence-electron chi connectivity index (χ4n) is 2.72. The van der Waals surface area contributed by atoms with Gasteiger partial charge in [0.25, 0.3) is 0 Å². The lowest BCUT2D eigenvalue weighted by molar-refractivity contribution is 0.924. The molecule has 116 valence electrons. The molecule has 0 saturated carbocycles. The minimum Gasteiger partial charge on any atom is -0.366 e. The highest BCUT2D eigenvalue weighted by Gasteiger charge is 2.14. The Balaban J connectivity index is 1.70. The Hall–Kier alpha value is -2.37. The number of hydrogen-bond acceptors (Lipinski definition) is 6. The molecule has 0 bridgehead atoms. The standard InChI is InChI=1S/C16H22N6/c1-21(2)16-13(6-5-7-17-16)11-18-14-10-15(20-12-19-14)22-8-3-4-9-22/h5-7,10,12H,3-4,8-9,11H2,1-2H3,(H,18,19,20). The molecule has 1 saturated heterocycles. The Morgan fingerprint density at radius 3 is 2.77 bits per heavy atom. The van der Waals surface area contributed by atoms with E-state index in [-0.39, 0.29) is 0 Å². The molecule has 3 heterocycles. The zero-order chi connectivity index (χ0) is 15.4. The predicted octanol–water partition coefficient (Wildman–Crippen LogP) is 2.15. The van der Waals surface area contributed by atoms with Crippen molar-refractivity contribution in [3.8, 4) is 0 Å². The third-order valence-electron chi connectivity index (χ3n) is 3.83. The Labute approximate surface area is 131 Å². The van der Waals surface area contributed by atoms with Gasteiger partial charge < -0.3 is 15.1 Å². The molecule has 0 radical (unpaired) electrons. The molecule has 3 rings (SSSR count). The summed E-state index contributed by atoms with van der Waals surface area (Å²) in [7, 11) is 4.00. The third kappa shape index (κ3) is 3.27. The number of hydrogen-bond donors (Lipinski definition) is 1. The monoisotopic (exact) mass is 298 g/mol. The first-order valence-electron chi connectivity index (χ1n) is 7.66. The molecule has 6 heteroatoms. The Kier molecular flexibility index (Phi) is 4.37.